The van der Waals surface area contributed by atoms with E-state index in [4.69, 9.17) is 32.1 Å². The maximum atomic E-state index is 11.5. The molecule has 0 atom stereocenters. The van der Waals surface area contributed by atoms with Crippen molar-refractivity contribution < 1.29 is 19.6 Å². The highest BCUT2D eigenvalue weighted by Crippen LogP contribution is 2.27. The van der Waals surface area contributed by atoms with Crippen LogP contribution in [0.15, 0.2) is 60.7 Å². The second-order valence-corrected chi connectivity index (χ2v) is 8.52. The first-order chi connectivity index (χ1) is 15.5. The summed E-state index contributed by atoms with van der Waals surface area (Å²) in [5, 5.41) is 23.1. The lowest BCUT2D eigenvalue weighted by Gasteiger charge is -2.20. The van der Waals surface area contributed by atoms with Crippen LogP contribution in [-0.4, -0.2) is 38.8 Å². The zero-order chi connectivity index (χ0) is 24.2. The Kier molecular flexibility index (Phi) is 7.38. The first-order valence-corrected chi connectivity index (χ1v) is 10.5. The lowest BCUT2D eigenvalue weighted by Crippen LogP contribution is -2.35. The number of fused-ring (bicyclic) bond motifs is 3. The number of pyridine rings is 2. The lowest BCUT2D eigenvalue weighted by molar-refractivity contribution is 0.0636. The molecule has 0 radical (unpaired) electrons. The number of anilines is 2. The Balaban J connectivity index is 0.000000186. The summed E-state index contributed by atoms with van der Waals surface area (Å²) in [6.07, 6.45) is -0.634. The monoisotopic (exact) mass is 466 g/mol. The van der Waals surface area contributed by atoms with Crippen LogP contribution in [-0.2, 0) is 4.74 Å². The van der Waals surface area contributed by atoms with E-state index < -0.39 is 18.8 Å². The summed E-state index contributed by atoms with van der Waals surface area (Å²) in [6, 6.07) is 17.9. The average molecular weight is 467 g/mol. The number of nitrogens with zero attached hydrogens (tertiary/aromatic N) is 2. The molecule has 4 rings (SSSR count). The fourth-order valence-electron chi connectivity index (χ4n) is 3.08. The minimum atomic E-state index is -1.64. The van der Waals surface area contributed by atoms with E-state index in [9.17, 15) is 4.79 Å². The maximum Gasteiger partial charge on any atom is 0.490 e. The van der Waals surface area contributed by atoms with Gasteiger partial charge in [-0.2, -0.15) is 0 Å². The first kappa shape index (κ1) is 24.3. The van der Waals surface area contributed by atoms with Gasteiger partial charge in [0.1, 0.15) is 16.3 Å². The molecular formula is C23H24BClN4O4. The van der Waals surface area contributed by atoms with Crippen LogP contribution in [0.3, 0.4) is 0 Å². The van der Waals surface area contributed by atoms with Gasteiger partial charge in [-0.05, 0) is 45.0 Å². The number of nitrogens with two attached hydrogens (primary N) is 1. The number of aromatic nitrogens is 2. The minimum absolute atomic E-state index is 0.221. The number of nitrogen functional groups attached to an aromatic ring is 1. The van der Waals surface area contributed by atoms with E-state index in [1.54, 1.807) is 45.0 Å². The third kappa shape index (κ3) is 6.32. The topological polar surface area (TPSA) is 131 Å². The van der Waals surface area contributed by atoms with Gasteiger partial charge in [0.25, 0.3) is 0 Å². The van der Waals surface area contributed by atoms with Gasteiger partial charge in [0.15, 0.2) is 5.82 Å². The van der Waals surface area contributed by atoms with Gasteiger partial charge in [0.05, 0.1) is 5.52 Å². The molecule has 5 N–H and O–H groups in total. The SMILES string of the molecule is CC(C)(C)OC(=O)Nc1ccccc1B(O)O.Nc1nc2ccccc2c2ccc(Cl)nc12. The molecule has 0 aliphatic rings. The maximum absolute atomic E-state index is 11.5. The Hall–Kier alpha value is -3.40. The molecule has 2 heterocycles. The Morgan fingerprint density at radius 3 is 2.36 bits per heavy atom. The van der Waals surface area contributed by atoms with Gasteiger partial charge in [-0.3, -0.25) is 5.32 Å². The van der Waals surface area contributed by atoms with Gasteiger partial charge in [0.2, 0.25) is 0 Å². The van der Waals surface area contributed by atoms with E-state index in [1.807, 2.05) is 30.3 Å². The zero-order valence-corrected chi connectivity index (χ0v) is 19.2. The summed E-state index contributed by atoms with van der Waals surface area (Å²) in [4.78, 5) is 20.0. The minimum Gasteiger partial charge on any atom is -0.444 e. The summed E-state index contributed by atoms with van der Waals surface area (Å²) >= 11 is 5.85. The predicted octanol–water partition coefficient (Wildman–Crippen LogP) is 3.73. The van der Waals surface area contributed by atoms with Gasteiger partial charge in [-0.25, -0.2) is 14.8 Å². The van der Waals surface area contributed by atoms with E-state index in [1.165, 1.54) is 6.07 Å². The molecule has 33 heavy (non-hydrogen) atoms. The van der Waals surface area contributed by atoms with Crippen LogP contribution in [0.2, 0.25) is 5.15 Å². The summed E-state index contributed by atoms with van der Waals surface area (Å²) in [5.41, 5.74) is 7.33. The number of ether oxygens (including phenoxy) is 1. The predicted molar refractivity (Wildman–Crippen MR) is 133 cm³/mol. The number of rotatable bonds is 2. The lowest BCUT2D eigenvalue weighted by atomic mass is 9.79. The molecule has 2 aromatic heterocycles. The van der Waals surface area contributed by atoms with E-state index in [2.05, 4.69) is 15.3 Å². The molecule has 1 amide bonds. The second-order valence-electron chi connectivity index (χ2n) is 8.13. The van der Waals surface area contributed by atoms with Crippen molar-refractivity contribution in [3.05, 3.63) is 65.8 Å². The van der Waals surface area contributed by atoms with Gasteiger partial charge in [-0.15, -0.1) is 0 Å². The van der Waals surface area contributed by atoms with E-state index >= 15 is 0 Å². The summed E-state index contributed by atoms with van der Waals surface area (Å²) in [6.45, 7) is 5.25. The largest absolute Gasteiger partial charge is 0.490 e. The molecule has 8 nitrogen and oxygen atoms in total. The number of halogens is 1. The molecule has 10 heteroatoms. The second kappa shape index (κ2) is 10.0. The number of amides is 1. The molecule has 4 aromatic rings. The van der Waals surface area contributed by atoms with Crippen molar-refractivity contribution in [1.82, 2.24) is 9.97 Å². The molecule has 2 aromatic carbocycles. The highest BCUT2D eigenvalue weighted by molar-refractivity contribution is 6.60. The van der Waals surface area contributed by atoms with Crippen molar-refractivity contribution in [2.45, 2.75) is 26.4 Å². The number of nitrogens with one attached hydrogen (secondary N) is 1. The zero-order valence-electron chi connectivity index (χ0n) is 18.4. The standard InChI is InChI=1S/C12H8ClN3.C11H16BNO4/c13-10-6-5-8-7-3-1-2-4-9(7)15-12(14)11(8)16-10;1-11(2,3)17-10(14)13-9-7-5-4-6-8(9)12(15)16/h1-6H,(H2,14,15);4-7,15-16H,1-3H3,(H,13,14). The fourth-order valence-corrected chi connectivity index (χ4v) is 3.23. The van der Waals surface area contributed by atoms with E-state index in [0.717, 1.165) is 16.3 Å². The van der Waals surface area contributed by atoms with Crippen molar-refractivity contribution >= 4 is 63.6 Å². The molecule has 170 valence electrons. The fraction of sp³-hybridized carbons (Fsp3) is 0.174. The van der Waals surface area contributed by atoms with Crippen molar-refractivity contribution in [3.8, 4) is 0 Å². The Labute approximate surface area is 196 Å². The van der Waals surface area contributed by atoms with E-state index in [-0.39, 0.29) is 5.46 Å². The molecule has 0 bridgehead atoms. The molecule has 0 fully saturated rings. The van der Waals surface area contributed by atoms with Crippen molar-refractivity contribution in [3.63, 3.8) is 0 Å². The molecule has 0 unspecified atom stereocenters. The highest BCUT2D eigenvalue weighted by atomic mass is 35.5. The van der Waals surface area contributed by atoms with Crippen molar-refractivity contribution in [2.75, 3.05) is 11.1 Å². The van der Waals surface area contributed by atoms with Crippen LogP contribution in [0, 0.1) is 0 Å². The van der Waals surface area contributed by atoms with Crippen LogP contribution in [0.1, 0.15) is 20.8 Å². The number of para-hydroxylation sites is 2. The van der Waals surface area contributed by atoms with Gasteiger partial charge >= 0.3 is 13.2 Å². The summed E-state index contributed by atoms with van der Waals surface area (Å²) < 4.78 is 5.06. The van der Waals surface area contributed by atoms with Crippen LogP contribution in [0.25, 0.3) is 21.8 Å². The Morgan fingerprint density at radius 2 is 1.67 bits per heavy atom. The number of carbonyl (C=O) groups is 1. The van der Waals surface area contributed by atoms with Gasteiger partial charge in [0, 0.05) is 21.9 Å². The van der Waals surface area contributed by atoms with Gasteiger partial charge in [-0.1, -0.05) is 48.0 Å². The molecule has 0 saturated heterocycles. The summed E-state index contributed by atoms with van der Waals surface area (Å²) in [7, 11) is -1.64. The Morgan fingerprint density at radius 1 is 1.00 bits per heavy atom. The molecule has 0 aliphatic carbocycles. The van der Waals surface area contributed by atoms with Gasteiger partial charge < -0.3 is 20.5 Å². The summed E-state index contributed by atoms with van der Waals surface area (Å²) in [5.74, 6) is 0.413. The number of carbonyl (C=O) groups excluding carboxylic acids is 1. The quantitative estimate of drug-likeness (QED) is 0.201. The third-order valence-corrected chi connectivity index (χ3v) is 4.62. The molecular weight excluding hydrogens is 443 g/mol. The van der Waals surface area contributed by atoms with Crippen molar-refractivity contribution in [2.24, 2.45) is 0 Å². The van der Waals surface area contributed by atoms with E-state index in [0.29, 0.717) is 22.2 Å². The highest BCUT2D eigenvalue weighted by Gasteiger charge is 2.20. The van der Waals surface area contributed by atoms with Crippen LogP contribution in [0.4, 0.5) is 16.3 Å². The van der Waals surface area contributed by atoms with Crippen LogP contribution >= 0.6 is 11.6 Å². The Bertz CT molecular complexity index is 1290. The number of hydrogen-bond donors (Lipinski definition) is 4. The molecule has 0 aliphatic heterocycles. The average Bonchev–Trinajstić information content (AvgIpc) is 2.73. The first-order valence-electron chi connectivity index (χ1n) is 10.1. The molecule has 0 saturated carbocycles. The smallest absolute Gasteiger partial charge is 0.444 e. The normalized spacial score (nSPS) is 11.0. The van der Waals surface area contributed by atoms with Crippen LogP contribution < -0.4 is 16.5 Å². The molecule has 0 spiro atoms. The number of hydrogen-bond acceptors (Lipinski definition) is 7. The number of benzene rings is 2. The third-order valence-electron chi connectivity index (χ3n) is 4.41. The van der Waals surface area contributed by atoms with Crippen LogP contribution in [0.5, 0.6) is 0 Å². The van der Waals surface area contributed by atoms with Crippen molar-refractivity contribution in [1.29, 1.82) is 0 Å².